The summed E-state index contributed by atoms with van der Waals surface area (Å²) in [6.45, 7) is 0. The van der Waals surface area contributed by atoms with Crippen LogP contribution in [0.25, 0.3) is 11.4 Å². The third-order valence-electron chi connectivity index (χ3n) is 2.03. The van der Waals surface area contributed by atoms with Gasteiger partial charge in [-0.1, -0.05) is 29.3 Å². The first-order valence-corrected chi connectivity index (χ1v) is 5.75. The zero-order chi connectivity index (χ0) is 12.4. The average molecular weight is 288 g/mol. The van der Waals surface area contributed by atoms with Crippen molar-refractivity contribution in [3.63, 3.8) is 0 Å². The molecule has 0 radical (unpaired) electrons. The molecule has 2 rings (SSSR count). The third-order valence-corrected chi connectivity index (χ3v) is 3.03. The Balaban J connectivity index is 2.64. The third kappa shape index (κ3) is 2.57. The number of aromatic nitrogens is 3. The van der Waals surface area contributed by atoms with Crippen LogP contribution in [0, 0.1) is 4.77 Å². The van der Waals surface area contributed by atoms with Crippen LogP contribution in [0.1, 0.15) is 0 Å². The van der Waals surface area contributed by atoms with E-state index in [1.807, 2.05) is 0 Å². The summed E-state index contributed by atoms with van der Waals surface area (Å²) in [6.07, 6.45) is 0. The fourth-order valence-electron chi connectivity index (χ4n) is 1.28. The number of ether oxygens (including phenoxy) is 1. The highest BCUT2D eigenvalue weighted by molar-refractivity contribution is 7.71. The molecule has 1 aromatic heterocycles. The van der Waals surface area contributed by atoms with Crippen LogP contribution in [0.2, 0.25) is 10.0 Å². The highest BCUT2D eigenvalue weighted by Crippen LogP contribution is 2.31. The molecule has 0 fully saturated rings. The van der Waals surface area contributed by atoms with Gasteiger partial charge in [-0.15, -0.1) is 0 Å². The Morgan fingerprint density at radius 2 is 2.06 bits per heavy atom. The lowest BCUT2D eigenvalue weighted by atomic mass is 10.2. The summed E-state index contributed by atoms with van der Waals surface area (Å²) in [6, 6.07) is 5.52. The number of rotatable bonds is 2. The minimum atomic E-state index is 0.173. The van der Waals surface area contributed by atoms with Crippen molar-refractivity contribution in [3.8, 4) is 17.4 Å². The molecule has 0 amide bonds. The average Bonchev–Trinajstić information content (AvgIpc) is 2.31. The molecule has 1 aromatic carbocycles. The quantitative estimate of drug-likeness (QED) is 0.859. The van der Waals surface area contributed by atoms with Crippen LogP contribution in [-0.2, 0) is 0 Å². The van der Waals surface area contributed by atoms with Gasteiger partial charge in [0, 0.05) is 5.56 Å². The van der Waals surface area contributed by atoms with Crippen molar-refractivity contribution < 1.29 is 4.74 Å². The molecule has 88 valence electrons. The van der Waals surface area contributed by atoms with E-state index in [9.17, 15) is 0 Å². The Labute approximate surface area is 113 Å². The molecule has 0 unspecified atom stereocenters. The Kier molecular flexibility index (Phi) is 3.61. The summed E-state index contributed by atoms with van der Waals surface area (Å²) in [5.74, 6) is 0.467. The fourth-order valence-corrected chi connectivity index (χ4v) is 1.84. The number of nitrogens with one attached hydrogen (secondary N) is 1. The van der Waals surface area contributed by atoms with Gasteiger partial charge in [0.15, 0.2) is 0 Å². The van der Waals surface area contributed by atoms with Gasteiger partial charge in [0.2, 0.25) is 4.77 Å². The van der Waals surface area contributed by atoms with Gasteiger partial charge >= 0.3 is 0 Å². The summed E-state index contributed by atoms with van der Waals surface area (Å²) in [7, 11) is 1.48. The number of hydrogen-bond donors (Lipinski definition) is 1. The number of methoxy groups -OCH3 is 1. The summed E-state index contributed by atoms with van der Waals surface area (Å²) < 4.78 is 5.15. The Morgan fingerprint density at radius 1 is 1.29 bits per heavy atom. The van der Waals surface area contributed by atoms with Crippen LogP contribution < -0.4 is 4.74 Å². The van der Waals surface area contributed by atoms with Gasteiger partial charge in [-0.25, -0.2) is 4.98 Å². The van der Waals surface area contributed by atoms with Crippen LogP contribution >= 0.6 is 35.4 Å². The van der Waals surface area contributed by atoms with E-state index in [-0.39, 0.29) is 10.8 Å². The maximum absolute atomic E-state index is 6.09. The molecule has 0 atom stereocenters. The Morgan fingerprint density at radius 3 is 2.76 bits per heavy atom. The summed E-state index contributed by atoms with van der Waals surface area (Å²) in [5.41, 5.74) is 0.644. The summed E-state index contributed by atoms with van der Waals surface area (Å²) in [5, 5.41) is 0.849. The molecule has 0 aliphatic carbocycles. The van der Waals surface area contributed by atoms with Gasteiger partial charge in [0.25, 0.3) is 6.01 Å². The number of aromatic amines is 1. The van der Waals surface area contributed by atoms with Crippen LogP contribution in [0.3, 0.4) is 0 Å². The van der Waals surface area contributed by atoms with Crippen LogP contribution in [0.15, 0.2) is 18.2 Å². The van der Waals surface area contributed by atoms with Crippen molar-refractivity contribution in [2.24, 2.45) is 0 Å². The SMILES string of the molecule is COc1nc(=S)nc(-c2cccc(Cl)c2Cl)[nH]1. The minimum absolute atomic E-state index is 0.173. The number of halogens is 2. The molecule has 17 heavy (non-hydrogen) atoms. The van der Waals surface area contributed by atoms with Crippen molar-refractivity contribution in [1.29, 1.82) is 0 Å². The topological polar surface area (TPSA) is 50.8 Å². The molecule has 0 saturated carbocycles. The number of benzene rings is 1. The first kappa shape index (κ1) is 12.3. The van der Waals surface area contributed by atoms with E-state index >= 15 is 0 Å². The van der Waals surface area contributed by atoms with Gasteiger partial charge in [-0.3, -0.25) is 4.98 Å². The Hall–Kier alpha value is -1.17. The van der Waals surface area contributed by atoms with Gasteiger partial charge in [0.05, 0.1) is 17.2 Å². The van der Waals surface area contributed by atoms with E-state index in [1.54, 1.807) is 18.2 Å². The minimum Gasteiger partial charge on any atom is -0.468 e. The first-order valence-electron chi connectivity index (χ1n) is 4.58. The molecule has 4 nitrogen and oxygen atoms in total. The normalized spacial score (nSPS) is 10.3. The highest BCUT2D eigenvalue weighted by atomic mass is 35.5. The van der Waals surface area contributed by atoms with E-state index in [0.717, 1.165) is 0 Å². The number of hydrogen-bond acceptors (Lipinski definition) is 4. The van der Waals surface area contributed by atoms with Crippen LogP contribution in [0.4, 0.5) is 0 Å². The van der Waals surface area contributed by atoms with E-state index in [4.69, 9.17) is 40.2 Å². The summed E-state index contributed by atoms with van der Waals surface area (Å²) in [4.78, 5) is 10.8. The van der Waals surface area contributed by atoms with Gasteiger partial charge < -0.3 is 4.74 Å². The lowest BCUT2D eigenvalue weighted by Crippen LogP contribution is -1.98. The second-order valence-corrected chi connectivity index (χ2v) is 4.24. The fraction of sp³-hybridized carbons (Fsp3) is 0.100. The van der Waals surface area contributed by atoms with E-state index < -0.39 is 0 Å². The highest BCUT2D eigenvalue weighted by Gasteiger charge is 2.10. The maximum Gasteiger partial charge on any atom is 0.297 e. The molecule has 0 aliphatic heterocycles. The molecule has 7 heteroatoms. The zero-order valence-electron chi connectivity index (χ0n) is 8.70. The van der Waals surface area contributed by atoms with Gasteiger partial charge in [-0.05, 0) is 24.4 Å². The van der Waals surface area contributed by atoms with Crippen molar-refractivity contribution in [1.82, 2.24) is 15.0 Å². The molecule has 0 saturated heterocycles. The Bertz CT molecular complexity index is 615. The lowest BCUT2D eigenvalue weighted by Gasteiger charge is -2.06. The second kappa shape index (κ2) is 5.00. The van der Waals surface area contributed by atoms with Gasteiger partial charge in [-0.2, -0.15) is 4.98 Å². The standard InChI is InChI=1S/C10H7Cl2N3OS/c1-16-9-13-8(14-10(17)15-9)5-3-2-4-6(11)7(5)12/h2-4H,1H3,(H,13,14,15,17). The first-order chi connectivity index (χ1) is 8.11. The predicted molar refractivity (Wildman–Crippen MR) is 69.2 cm³/mol. The number of nitrogens with zero attached hydrogens (tertiary/aromatic N) is 2. The van der Waals surface area contributed by atoms with Crippen molar-refractivity contribution in [3.05, 3.63) is 33.0 Å². The molecule has 1 N–H and O–H groups in total. The van der Waals surface area contributed by atoms with Crippen LogP contribution in [0.5, 0.6) is 6.01 Å². The molecular weight excluding hydrogens is 281 g/mol. The molecular formula is C10H7Cl2N3OS. The molecule has 0 bridgehead atoms. The number of H-pyrrole nitrogens is 1. The molecule has 0 spiro atoms. The molecule has 0 aliphatic rings. The predicted octanol–water partition coefficient (Wildman–Crippen LogP) is 3.52. The zero-order valence-corrected chi connectivity index (χ0v) is 11.0. The summed E-state index contributed by atoms with van der Waals surface area (Å²) >= 11 is 17.0. The monoisotopic (exact) mass is 287 g/mol. The van der Waals surface area contributed by atoms with Crippen LogP contribution in [-0.4, -0.2) is 22.1 Å². The largest absolute Gasteiger partial charge is 0.468 e. The molecule has 2 aromatic rings. The molecule has 1 heterocycles. The van der Waals surface area contributed by atoms with Crippen molar-refractivity contribution in [2.75, 3.05) is 7.11 Å². The van der Waals surface area contributed by atoms with E-state index in [1.165, 1.54) is 7.11 Å². The van der Waals surface area contributed by atoms with E-state index in [2.05, 4.69) is 15.0 Å². The lowest BCUT2D eigenvalue weighted by molar-refractivity contribution is 0.378. The van der Waals surface area contributed by atoms with E-state index in [0.29, 0.717) is 21.4 Å². The van der Waals surface area contributed by atoms with Crippen molar-refractivity contribution >= 4 is 35.4 Å². The maximum atomic E-state index is 6.09. The smallest absolute Gasteiger partial charge is 0.297 e. The second-order valence-electron chi connectivity index (χ2n) is 3.09. The van der Waals surface area contributed by atoms with Gasteiger partial charge in [0.1, 0.15) is 5.82 Å². The van der Waals surface area contributed by atoms with Crippen molar-refractivity contribution in [2.45, 2.75) is 0 Å².